The van der Waals surface area contributed by atoms with E-state index in [0.29, 0.717) is 11.5 Å². The van der Waals surface area contributed by atoms with Crippen LogP contribution in [0.5, 0.6) is 23.0 Å². The zero-order chi connectivity index (χ0) is 37.1. The van der Waals surface area contributed by atoms with E-state index in [1.807, 2.05) is 64.9 Å². The van der Waals surface area contributed by atoms with E-state index in [9.17, 15) is 14.7 Å². The van der Waals surface area contributed by atoms with E-state index in [2.05, 4.69) is 31.0 Å². The number of carbonyl (C=O) groups excluding carboxylic acids is 1. The number of imidazole rings is 2. The molecule has 5 heterocycles. The normalized spacial score (nSPS) is 10.8. The minimum atomic E-state index is -1.10. The lowest BCUT2D eigenvalue weighted by atomic mass is 10.1. The topological polar surface area (TPSA) is 153 Å². The molecule has 0 aliphatic heterocycles. The quantitative estimate of drug-likeness (QED) is 0.157. The van der Waals surface area contributed by atoms with Gasteiger partial charge in [0, 0.05) is 46.8 Å². The molecular weight excluding hydrogens is 736 g/mol. The van der Waals surface area contributed by atoms with Crippen molar-refractivity contribution in [2.75, 3.05) is 35.5 Å². The Kier molecular flexibility index (Phi) is 10.1. The minimum absolute atomic E-state index is 0.00434. The third-order valence-electron chi connectivity index (χ3n) is 8.23. The van der Waals surface area contributed by atoms with Crippen molar-refractivity contribution in [1.29, 1.82) is 0 Å². The van der Waals surface area contributed by atoms with Crippen LogP contribution in [0.25, 0.3) is 44.9 Å². The Morgan fingerprint density at radius 2 is 1.15 bits per heavy atom. The van der Waals surface area contributed by atoms with Crippen molar-refractivity contribution in [3.8, 4) is 56.6 Å². The summed E-state index contributed by atoms with van der Waals surface area (Å²) in [6, 6.07) is 14.7. The number of rotatable bonds is 9. The highest BCUT2D eigenvalue weighted by atomic mass is 79.9. The van der Waals surface area contributed by atoms with Crippen molar-refractivity contribution < 1.29 is 38.4 Å². The van der Waals surface area contributed by atoms with Crippen LogP contribution in [0.2, 0.25) is 0 Å². The number of hydrogen-bond acceptors (Lipinski definition) is 10. The Morgan fingerprint density at radius 3 is 1.62 bits per heavy atom. The number of ether oxygens (including phenoxy) is 5. The Labute approximate surface area is 305 Å². The number of carboxylic acid groups (broad SMARTS) is 1. The van der Waals surface area contributed by atoms with Crippen molar-refractivity contribution in [2.24, 2.45) is 7.05 Å². The van der Waals surface area contributed by atoms with Gasteiger partial charge in [-0.2, -0.15) is 5.10 Å². The molecule has 0 aliphatic rings. The average molecular weight is 770 g/mol. The van der Waals surface area contributed by atoms with Crippen molar-refractivity contribution in [1.82, 2.24) is 28.5 Å². The summed E-state index contributed by atoms with van der Waals surface area (Å²) in [5, 5.41) is 13.6. The predicted molar refractivity (Wildman–Crippen MR) is 196 cm³/mol. The van der Waals surface area contributed by atoms with Gasteiger partial charge in [0.2, 0.25) is 0 Å². The number of methoxy groups -OCH3 is 5. The average Bonchev–Trinajstić information content (AvgIpc) is 3.91. The van der Waals surface area contributed by atoms with Crippen LogP contribution in [0.15, 0.2) is 90.2 Å². The number of pyridine rings is 2. The molecule has 0 atom stereocenters. The van der Waals surface area contributed by atoms with Gasteiger partial charge in [0.25, 0.3) is 0 Å². The first-order chi connectivity index (χ1) is 25.1. The maximum Gasteiger partial charge on any atom is 0.345 e. The molecule has 5 aromatic heterocycles. The van der Waals surface area contributed by atoms with Crippen LogP contribution in [0.4, 0.5) is 0 Å². The van der Waals surface area contributed by atoms with Crippen molar-refractivity contribution in [3.05, 3.63) is 101 Å². The lowest BCUT2D eigenvalue weighted by Crippen LogP contribution is -2.07. The van der Waals surface area contributed by atoms with Crippen LogP contribution in [0, 0.1) is 0 Å². The molecule has 0 saturated heterocycles. The smallest absolute Gasteiger partial charge is 0.345 e. The Morgan fingerprint density at radius 1 is 0.654 bits per heavy atom. The van der Waals surface area contributed by atoms with Gasteiger partial charge in [-0.25, -0.2) is 19.6 Å². The number of aromatic carboxylic acids is 1. The molecule has 0 fully saturated rings. The van der Waals surface area contributed by atoms with Crippen molar-refractivity contribution in [3.63, 3.8) is 0 Å². The summed E-state index contributed by atoms with van der Waals surface area (Å²) in [4.78, 5) is 32.5. The summed E-state index contributed by atoms with van der Waals surface area (Å²) in [7, 11) is 9.06. The summed E-state index contributed by atoms with van der Waals surface area (Å²) in [6.45, 7) is 0. The molecule has 14 nitrogen and oxygen atoms in total. The summed E-state index contributed by atoms with van der Waals surface area (Å²) >= 11 is 3.41. The number of aromatic nitrogens is 6. The van der Waals surface area contributed by atoms with Crippen LogP contribution < -0.4 is 18.9 Å². The molecule has 0 unspecified atom stereocenters. The summed E-state index contributed by atoms with van der Waals surface area (Å²) in [6.07, 6.45) is 11.1. The molecular formula is C37H33BrN6O8. The number of carboxylic acids is 1. The second kappa shape index (κ2) is 14.9. The standard InChI is InChI=1S/C21H20N4O4.C16H13BrN2O4/c1-24-12-15(10-23-24)13-5-6-25-16(11-22-19(25)9-13)14-7-17(27-2)20(21(26)29-4)18(8-14)28-3;1-22-12-5-9(6-13(23-2)15(12)16(20)21)11-8-18-14-7-10(17)3-4-19(11)14/h5-12H,1-4H3;3-8H,1-2H3,(H,20,21). The van der Waals surface area contributed by atoms with Gasteiger partial charge in [-0.05, 0) is 54.1 Å². The van der Waals surface area contributed by atoms with E-state index in [0.717, 1.165) is 49.4 Å². The number of aryl methyl sites for hydroxylation is 1. The monoisotopic (exact) mass is 768 g/mol. The summed E-state index contributed by atoms with van der Waals surface area (Å²) in [5.74, 6) is -0.420. The second-order valence-electron chi connectivity index (χ2n) is 11.2. The Hall–Kier alpha value is -6.35. The van der Waals surface area contributed by atoms with E-state index in [1.165, 1.54) is 35.5 Å². The summed E-state index contributed by atoms with van der Waals surface area (Å²) < 4.78 is 32.7. The van der Waals surface area contributed by atoms with Crippen molar-refractivity contribution >= 4 is 39.2 Å². The van der Waals surface area contributed by atoms with Crippen molar-refractivity contribution in [2.45, 2.75) is 0 Å². The van der Waals surface area contributed by atoms with Gasteiger partial charge in [0.05, 0.1) is 65.5 Å². The zero-order valence-electron chi connectivity index (χ0n) is 28.9. The highest BCUT2D eigenvalue weighted by Gasteiger charge is 2.23. The third kappa shape index (κ3) is 6.73. The van der Waals surface area contributed by atoms with E-state index in [-0.39, 0.29) is 22.6 Å². The molecule has 7 aromatic rings. The molecule has 0 bridgehead atoms. The molecule has 0 spiro atoms. The number of hydrogen-bond donors (Lipinski definition) is 1. The van der Waals surface area contributed by atoms with E-state index in [4.69, 9.17) is 23.7 Å². The number of benzene rings is 2. The minimum Gasteiger partial charge on any atom is -0.496 e. The van der Waals surface area contributed by atoms with Crippen LogP contribution in [0.3, 0.4) is 0 Å². The molecule has 15 heteroatoms. The van der Waals surface area contributed by atoms with Crippen LogP contribution in [-0.4, -0.2) is 81.1 Å². The SMILES string of the molecule is COC(=O)c1c(OC)cc(-c2cnc3cc(-c4cnn(C)c4)ccn23)cc1OC.COc1cc(-c2cnc3cc(Br)ccn23)cc(OC)c1C(=O)O. The molecule has 52 heavy (non-hydrogen) atoms. The lowest BCUT2D eigenvalue weighted by Gasteiger charge is -2.14. The molecule has 2 aromatic carbocycles. The fraction of sp³-hybridized carbons (Fsp3) is 0.162. The molecule has 0 aliphatic carbocycles. The first-order valence-corrected chi connectivity index (χ1v) is 16.3. The largest absolute Gasteiger partial charge is 0.496 e. The number of halogens is 1. The third-order valence-corrected chi connectivity index (χ3v) is 8.73. The Bertz CT molecular complexity index is 2400. The Balaban J connectivity index is 0.000000183. The fourth-order valence-corrected chi connectivity index (χ4v) is 6.07. The number of esters is 1. The fourth-order valence-electron chi connectivity index (χ4n) is 5.75. The van der Waals surface area contributed by atoms with Gasteiger partial charge in [-0.1, -0.05) is 15.9 Å². The maximum atomic E-state index is 12.2. The number of carbonyl (C=O) groups is 2. The maximum absolute atomic E-state index is 12.2. The number of fused-ring (bicyclic) bond motifs is 2. The molecule has 266 valence electrons. The van der Waals surface area contributed by atoms with Gasteiger partial charge >= 0.3 is 11.9 Å². The van der Waals surface area contributed by atoms with Crippen LogP contribution >= 0.6 is 15.9 Å². The first-order valence-electron chi connectivity index (χ1n) is 15.5. The molecule has 1 N–H and O–H groups in total. The number of nitrogens with zero attached hydrogens (tertiary/aromatic N) is 6. The van der Waals surface area contributed by atoms with Gasteiger partial charge < -0.3 is 28.8 Å². The van der Waals surface area contributed by atoms with Gasteiger partial charge in [0.1, 0.15) is 45.4 Å². The van der Waals surface area contributed by atoms with E-state index >= 15 is 0 Å². The first kappa shape index (κ1) is 35.5. The summed E-state index contributed by atoms with van der Waals surface area (Å²) in [5.41, 5.74) is 7.04. The second-order valence-corrected chi connectivity index (χ2v) is 12.1. The zero-order valence-corrected chi connectivity index (χ0v) is 30.5. The van der Waals surface area contributed by atoms with Crippen LogP contribution in [0.1, 0.15) is 20.7 Å². The molecule has 7 rings (SSSR count). The van der Waals surface area contributed by atoms with Gasteiger partial charge in [-0.3, -0.25) is 13.5 Å². The molecule has 0 saturated carbocycles. The van der Waals surface area contributed by atoms with E-state index in [1.54, 1.807) is 41.3 Å². The molecule has 0 radical (unpaired) electrons. The van der Waals surface area contributed by atoms with E-state index < -0.39 is 11.9 Å². The highest BCUT2D eigenvalue weighted by molar-refractivity contribution is 9.10. The molecule has 0 amide bonds. The van der Waals surface area contributed by atoms with Gasteiger partial charge in [-0.15, -0.1) is 0 Å². The highest BCUT2D eigenvalue weighted by Crippen LogP contribution is 2.37. The lowest BCUT2D eigenvalue weighted by molar-refractivity contribution is 0.0592. The van der Waals surface area contributed by atoms with Crippen LogP contribution in [-0.2, 0) is 11.8 Å². The van der Waals surface area contributed by atoms with Gasteiger partial charge in [0.15, 0.2) is 0 Å². The predicted octanol–water partition coefficient (Wildman–Crippen LogP) is 6.68.